The van der Waals surface area contributed by atoms with Crippen molar-refractivity contribution in [1.29, 1.82) is 0 Å². The van der Waals surface area contributed by atoms with E-state index in [0.717, 1.165) is 5.56 Å². The maximum absolute atomic E-state index is 12.5. The van der Waals surface area contributed by atoms with Crippen molar-refractivity contribution >= 4 is 17.7 Å². The summed E-state index contributed by atoms with van der Waals surface area (Å²) in [7, 11) is 0. The molecule has 1 aliphatic heterocycles. The summed E-state index contributed by atoms with van der Waals surface area (Å²) in [5.74, 6) is -0.124. The average Bonchev–Trinajstić information content (AvgIpc) is 2.54. The summed E-state index contributed by atoms with van der Waals surface area (Å²) in [6.07, 6.45) is 0.226. The standard InChI is InChI=1S/C17H23N3O3/c1-13(21)18-16(15-6-4-3-5-7-15)12-17(23)20-10-8-19(9-11-20)14(2)22/h3-7,16H,8-12H2,1-2H3,(H,18,21)/t16-/m1/s1. The summed E-state index contributed by atoms with van der Waals surface area (Å²) in [6.45, 7) is 5.21. The van der Waals surface area contributed by atoms with E-state index in [-0.39, 0.29) is 30.2 Å². The van der Waals surface area contributed by atoms with Crippen LogP contribution in [0, 0.1) is 0 Å². The number of hydrogen-bond acceptors (Lipinski definition) is 3. The maximum atomic E-state index is 12.5. The van der Waals surface area contributed by atoms with Crippen molar-refractivity contribution in [2.24, 2.45) is 0 Å². The first-order valence-electron chi connectivity index (χ1n) is 7.82. The van der Waals surface area contributed by atoms with Gasteiger partial charge in [-0.15, -0.1) is 0 Å². The molecule has 1 aliphatic rings. The van der Waals surface area contributed by atoms with Crippen LogP contribution in [0.5, 0.6) is 0 Å². The SMILES string of the molecule is CC(=O)N[C@H](CC(=O)N1CCN(C(C)=O)CC1)c1ccccc1. The molecule has 0 spiro atoms. The van der Waals surface area contributed by atoms with Gasteiger partial charge in [0.15, 0.2) is 0 Å². The van der Waals surface area contributed by atoms with Crippen molar-refractivity contribution in [3.63, 3.8) is 0 Å². The summed E-state index contributed by atoms with van der Waals surface area (Å²) in [4.78, 5) is 38.8. The molecule has 0 radical (unpaired) electrons. The minimum absolute atomic E-state index is 0.00388. The first kappa shape index (κ1) is 17.0. The van der Waals surface area contributed by atoms with Crippen molar-refractivity contribution in [2.45, 2.75) is 26.3 Å². The van der Waals surface area contributed by atoms with Crippen molar-refractivity contribution in [2.75, 3.05) is 26.2 Å². The highest BCUT2D eigenvalue weighted by Gasteiger charge is 2.25. The lowest BCUT2D eigenvalue weighted by molar-refractivity contribution is -0.139. The lowest BCUT2D eigenvalue weighted by atomic mass is 10.0. The molecule has 1 fully saturated rings. The Morgan fingerprint density at radius 3 is 2.09 bits per heavy atom. The second-order valence-electron chi connectivity index (χ2n) is 5.75. The molecule has 3 amide bonds. The Kier molecular flexibility index (Phi) is 5.73. The van der Waals surface area contributed by atoms with E-state index in [2.05, 4.69) is 5.32 Å². The highest BCUT2D eigenvalue weighted by molar-refractivity contribution is 5.80. The van der Waals surface area contributed by atoms with Gasteiger partial charge in [0, 0.05) is 40.0 Å². The summed E-state index contributed by atoms with van der Waals surface area (Å²) < 4.78 is 0. The fraction of sp³-hybridized carbons (Fsp3) is 0.471. The van der Waals surface area contributed by atoms with Gasteiger partial charge < -0.3 is 15.1 Å². The lowest BCUT2D eigenvalue weighted by Gasteiger charge is -2.35. The third kappa shape index (κ3) is 4.81. The van der Waals surface area contributed by atoms with E-state index >= 15 is 0 Å². The van der Waals surface area contributed by atoms with Crippen LogP contribution in [-0.4, -0.2) is 53.7 Å². The molecule has 0 unspecified atom stereocenters. The van der Waals surface area contributed by atoms with E-state index in [9.17, 15) is 14.4 Å². The second kappa shape index (κ2) is 7.76. The Hall–Kier alpha value is -2.37. The smallest absolute Gasteiger partial charge is 0.225 e. The quantitative estimate of drug-likeness (QED) is 0.899. The first-order valence-corrected chi connectivity index (χ1v) is 7.82. The second-order valence-corrected chi connectivity index (χ2v) is 5.75. The highest BCUT2D eigenvalue weighted by atomic mass is 16.2. The van der Waals surface area contributed by atoms with Gasteiger partial charge in [-0.25, -0.2) is 0 Å². The third-order valence-electron chi connectivity index (χ3n) is 4.04. The van der Waals surface area contributed by atoms with Crippen LogP contribution >= 0.6 is 0 Å². The molecule has 6 nitrogen and oxygen atoms in total. The van der Waals surface area contributed by atoms with Gasteiger partial charge in [0.25, 0.3) is 0 Å². The molecule has 0 bridgehead atoms. The van der Waals surface area contributed by atoms with Crippen LogP contribution < -0.4 is 5.32 Å². The number of amides is 3. The van der Waals surface area contributed by atoms with E-state index in [0.29, 0.717) is 26.2 Å². The van der Waals surface area contributed by atoms with Gasteiger partial charge in [0.2, 0.25) is 17.7 Å². The number of nitrogens with one attached hydrogen (secondary N) is 1. The molecule has 1 aromatic rings. The fourth-order valence-electron chi connectivity index (χ4n) is 2.76. The number of carbonyl (C=O) groups excluding carboxylic acids is 3. The van der Waals surface area contributed by atoms with E-state index in [4.69, 9.17) is 0 Å². The maximum Gasteiger partial charge on any atom is 0.225 e. The number of rotatable bonds is 4. The van der Waals surface area contributed by atoms with Crippen molar-refractivity contribution in [1.82, 2.24) is 15.1 Å². The van der Waals surface area contributed by atoms with Gasteiger partial charge in [-0.05, 0) is 5.56 Å². The minimum Gasteiger partial charge on any atom is -0.349 e. The molecule has 1 heterocycles. The zero-order valence-corrected chi connectivity index (χ0v) is 13.6. The Labute approximate surface area is 136 Å². The van der Waals surface area contributed by atoms with E-state index < -0.39 is 0 Å². The molecule has 0 saturated carbocycles. The molecule has 124 valence electrons. The number of benzene rings is 1. The van der Waals surface area contributed by atoms with Gasteiger partial charge in [-0.2, -0.15) is 0 Å². The monoisotopic (exact) mass is 317 g/mol. The normalized spacial score (nSPS) is 15.9. The zero-order valence-electron chi connectivity index (χ0n) is 13.6. The average molecular weight is 317 g/mol. The molecule has 1 N–H and O–H groups in total. The van der Waals surface area contributed by atoms with Crippen molar-refractivity contribution in [3.8, 4) is 0 Å². The zero-order chi connectivity index (χ0) is 16.8. The molecule has 1 aromatic carbocycles. The Bertz CT molecular complexity index is 566. The predicted molar refractivity (Wildman–Crippen MR) is 86.5 cm³/mol. The van der Waals surface area contributed by atoms with Crippen LogP contribution in [0.3, 0.4) is 0 Å². The van der Waals surface area contributed by atoms with Gasteiger partial charge in [0.1, 0.15) is 0 Å². The van der Waals surface area contributed by atoms with Gasteiger partial charge in [0.05, 0.1) is 12.5 Å². The predicted octanol–water partition coefficient (Wildman–Crippen LogP) is 0.945. The van der Waals surface area contributed by atoms with Gasteiger partial charge >= 0.3 is 0 Å². The summed E-state index contributed by atoms with van der Waals surface area (Å²) >= 11 is 0. The van der Waals surface area contributed by atoms with E-state index in [1.165, 1.54) is 6.92 Å². The van der Waals surface area contributed by atoms with Crippen LogP contribution in [0.2, 0.25) is 0 Å². The number of piperazine rings is 1. The molecule has 23 heavy (non-hydrogen) atoms. The summed E-state index contributed by atoms with van der Waals surface area (Å²) in [6, 6.07) is 9.16. The molecule has 2 rings (SSSR count). The number of hydrogen-bond donors (Lipinski definition) is 1. The molecule has 0 aliphatic carbocycles. The minimum atomic E-state index is -0.327. The molecule has 6 heteroatoms. The molecule has 1 saturated heterocycles. The summed E-state index contributed by atoms with van der Waals surface area (Å²) in [5, 5.41) is 2.84. The lowest BCUT2D eigenvalue weighted by Crippen LogP contribution is -2.50. The summed E-state index contributed by atoms with van der Waals surface area (Å²) in [5.41, 5.74) is 0.915. The Morgan fingerprint density at radius 2 is 1.57 bits per heavy atom. The van der Waals surface area contributed by atoms with Crippen molar-refractivity contribution < 1.29 is 14.4 Å². The highest BCUT2D eigenvalue weighted by Crippen LogP contribution is 2.18. The topological polar surface area (TPSA) is 69.7 Å². The van der Waals surface area contributed by atoms with Gasteiger partial charge in [-0.1, -0.05) is 30.3 Å². The van der Waals surface area contributed by atoms with E-state index in [1.54, 1.807) is 16.7 Å². The van der Waals surface area contributed by atoms with Crippen LogP contribution in [-0.2, 0) is 14.4 Å². The first-order chi connectivity index (χ1) is 11.0. The van der Waals surface area contributed by atoms with E-state index in [1.807, 2.05) is 30.3 Å². The van der Waals surface area contributed by atoms with Crippen LogP contribution in [0.25, 0.3) is 0 Å². The Balaban J connectivity index is 1.98. The molecule has 0 aromatic heterocycles. The Morgan fingerprint density at radius 1 is 1.00 bits per heavy atom. The van der Waals surface area contributed by atoms with Gasteiger partial charge in [-0.3, -0.25) is 14.4 Å². The van der Waals surface area contributed by atoms with Crippen LogP contribution in [0.15, 0.2) is 30.3 Å². The number of nitrogens with zero attached hydrogens (tertiary/aromatic N) is 2. The molecular weight excluding hydrogens is 294 g/mol. The van der Waals surface area contributed by atoms with Crippen LogP contribution in [0.4, 0.5) is 0 Å². The van der Waals surface area contributed by atoms with Crippen LogP contribution in [0.1, 0.15) is 31.9 Å². The van der Waals surface area contributed by atoms with Crippen molar-refractivity contribution in [3.05, 3.63) is 35.9 Å². The molecule has 1 atom stereocenters. The third-order valence-corrected chi connectivity index (χ3v) is 4.04. The number of carbonyl (C=O) groups is 3. The largest absolute Gasteiger partial charge is 0.349 e. The molecular formula is C17H23N3O3. The fourth-order valence-corrected chi connectivity index (χ4v) is 2.76.